The topological polar surface area (TPSA) is 66.5 Å². The van der Waals surface area contributed by atoms with Crippen LogP contribution in [-0.4, -0.2) is 37.5 Å². The van der Waals surface area contributed by atoms with Crippen molar-refractivity contribution >= 4 is 15.9 Å². The average Bonchev–Trinajstić information content (AvgIpc) is 2.66. The molecule has 0 unspecified atom stereocenters. The molecule has 0 heterocycles. The fourth-order valence-electron chi connectivity index (χ4n) is 2.56. The number of amides is 1. The first kappa shape index (κ1) is 21.1. The molecule has 0 fully saturated rings. The number of carbonyl (C=O) groups is 1. The summed E-state index contributed by atoms with van der Waals surface area (Å²) in [5.41, 5.74) is 1.22. The molecule has 0 aliphatic carbocycles. The quantitative estimate of drug-likeness (QED) is 0.675. The van der Waals surface area contributed by atoms with Gasteiger partial charge in [0.25, 0.3) is 5.91 Å². The SMILES string of the molecule is CCCCN(Cc1ccccc1)S(=O)(=O)CCNC(=O)c1ccc(F)cc1. The molecule has 2 rings (SSSR count). The summed E-state index contributed by atoms with van der Waals surface area (Å²) < 4.78 is 39.8. The summed E-state index contributed by atoms with van der Waals surface area (Å²) in [5.74, 6) is -1.04. The van der Waals surface area contributed by atoms with E-state index in [1.165, 1.54) is 28.6 Å². The van der Waals surface area contributed by atoms with Crippen molar-refractivity contribution in [2.24, 2.45) is 0 Å². The number of nitrogens with one attached hydrogen (secondary N) is 1. The number of rotatable bonds is 10. The Morgan fingerprint density at radius 1 is 1.07 bits per heavy atom. The Labute approximate surface area is 160 Å². The van der Waals surface area contributed by atoms with E-state index in [2.05, 4.69) is 5.32 Å². The minimum Gasteiger partial charge on any atom is -0.351 e. The van der Waals surface area contributed by atoms with Crippen molar-refractivity contribution < 1.29 is 17.6 Å². The number of benzene rings is 2. The number of sulfonamides is 1. The maximum absolute atomic E-state index is 12.9. The number of unbranched alkanes of at least 4 members (excludes halogenated alkanes) is 1. The molecule has 0 aromatic heterocycles. The number of hydrogen-bond donors (Lipinski definition) is 1. The summed E-state index contributed by atoms with van der Waals surface area (Å²) in [5, 5.41) is 2.58. The largest absolute Gasteiger partial charge is 0.351 e. The highest BCUT2D eigenvalue weighted by molar-refractivity contribution is 7.89. The Morgan fingerprint density at radius 3 is 2.37 bits per heavy atom. The summed E-state index contributed by atoms with van der Waals surface area (Å²) in [7, 11) is -3.52. The third kappa shape index (κ3) is 6.77. The second-order valence-electron chi connectivity index (χ2n) is 6.25. The highest BCUT2D eigenvalue weighted by atomic mass is 32.2. The Morgan fingerprint density at radius 2 is 1.74 bits per heavy atom. The molecule has 0 bridgehead atoms. The van der Waals surface area contributed by atoms with Gasteiger partial charge in [-0.1, -0.05) is 43.7 Å². The van der Waals surface area contributed by atoms with Crippen LogP contribution in [0, 0.1) is 5.82 Å². The van der Waals surface area contributed by atoms with Crippen LogP contribution in [0.1, 0.15) is 35.7 Å². The Bertz CT molecular complexity index is 824. The molecular weight excluding hydrogens is 367 g/mol. The van der Waals surface area contributed by atoms with Crippen molar-refractivity contribution in [3.8, 4) is 0 Å². The van der Waals surface area contributed by atoms with E-state index in [0.29, 0.717) is 18.7 Å². The number of carbonyl (C=O) groups excluding carboxylic acids is 1. The van der Waals surface area contributed by atoms with Crippen molar-refractivity contribution in [1.29, 1.82) is 0 Å². The van der Waals surface area contributed by atoms with Gasteiger partial charge in [0, 0.05) is 25.2 Å². The van der Waals surface area contributed by atoms with E-state index < -0.39 is 21.7 Å². The molecule has 0 atom stereocenters. The van der Waals surface area contributed by atoms with Gasteiger partial charge in [0.05, 0.1) is 5.75 Å². The van der Waals surface area contributed by atoms with Crippen LogP contribution >= 0.6 is 0 Å². The van der Waals surface area contributed by atoms with Gasteiger partial charge in [-0.15, -0.1) is 0 Å². The molecule has 0 saturated heterocycles. The van der Waals surface area contributed by atoms with Gasteiger partial charge in [0.2, 0.25) is 10.0 Å². The lowest BCUT2D eigenvalue weighted by atomic mass is 10.2. The van der Waals surface area contributed by atoms with Crippen molar-refractivity contribution in [3.05, 3.63) is 71.5 Å². The van der Waals surface area contributed by atoms with Gasteiger partial charge in [0.1, 0.15) is 5.82 Å². The van der Waals surface area contributed by atoms with Crippen LogP contribution in [-0.2, 0) is 16.6 Å². The third-order valence-electron chi connectivity index (χ3n) is 4.11. The zero-order valence-corrected chi connectivity index (χ0v) is 16.2. The summed E-state index contributed by atoms with van der Waals surface area (Å²) in [6.07, 6.45) is 1.66. The van der Waals surface area contributed by atoms with E-state index in [4.69, 9.17) is 0 Å². The van der Waals surface area contributed by atoms with Gasteiger partial charge in [-0.25, -0.2) is 12.8 Å². The minimum absolute atomic E-state index is 0.00401. The van der Waals surface area contributed by atoms with Crippen LogP contribution in [0.15, 0.2) is 54.6 Å². The minimum atomic E-state index is -3.52. The predicted molar refractivity (Wildman–Crippen MR) is 104 cm³/mol. The van der Waals surface area contributed by atoms with Gasteiger partial charge in [-0.05, 0) is 36.2 Å². The Hall–Kier alpha value is -2.25. The molecule has 0 radical (unpaired) electrons. The standard InChI is InChI=1S/C20H25FN2O3S/c1-2-3-14-23(16-17-7-5-4-6-8-17)27(25,26)15-13-22-20(24)18-9-11-19(21)12-10-18/h4-12H,2-3,13-16H2,1H3,(H,22,24). The second kappa shape index (κ2) is 10.2. The van der Waals surface area contributed by atoms with E-state index in [1.54, 1.807) is 0 Å². The molecule has 1 N–H and O–H groups in total. The molecule has 5 nitrogen and oxygen atoms in total. The molecular formula is C20H25FN2O3S. The molecule has 7 heteroatoms. The fraction of sp³-hybridized carbons (Fsp3) is 0.350. The van der Waals surface area contributed by atoms with Gasteiger partial charge in [-0.2, -0.15) is 4.31 Å². The van der Waals surface area contributed by atoms with E-state index in [0.717, 1.165) is 18.4 Å². The van der Waals surface area contributed by atoms with Gasteiger partial charge in [0.15, 0.2) is 0 Å². The van der Waals surface area contributed by atoms with Gasteiger partial charge in [-0.3, -0.25) is 4.79 Å². The zero-order chi connectivity index (χ0) is 19.7. The van der Waals surface area contributed by atoms with Crippen molar-refractivity contribution in [2.45, 2.75) is 26.3 Å². The molecule has 2 aromatic rings. The molecule has 0 aliphatic heterocycles. The summed E-state index contributed by atoms with van der Waals surface area (Å²) in [6.45, 7) is 2.76. The first-order chi connectivity index (χ1) is 12.9. The van der Waals surface area contributed by atoms with E-state index >= 15 is 0 Å². The van der Waals surface area contributed by atoms with Gasteiger partial charge >= 0.3 is 0 Å². The predicted octanol–water partition coefficient (Wildman–Crippen LogP) is 3.19. The molecule has 2 aromatic carbocycles. The molecule has 0 aliphatic rings. The molecule has 146 valence electrons. The average molecular weight is 392 g/mol. The van der Waals surface area contributed by atoms with Crippen LogP contribution in [0.3, 0.4) is 0 Å². The summed E-state index contributed by atoms with van der Waals surface area (Å²) >= 11 is 0. The lowest BCUT2D eigenvalue weighted by Crippen LogP contribution is -2.38. The van der Waals surface area contributed by atoms with Gasteiger partial charge < -0.3 is 5.32 Å². The fourth-order valence-corrected chi connectivity index (χ4v) is 3.94. The van der Waals surface area contributed by atoms with E-state index in [9.17, 15) is 17.6 Å². The molecule has 27 heavy (non-hydrogen) atoms. The normalized spacial score (nSPS) is 11.5. The van der Waals surface area contributed by atoms with Crippen molar-refractivity contribution in [2.75, 3.05) is 18.8 Å². The van der Waals surface area contributed by atoms with E-state index in [-0.39, 0.29) is 12.3 Å². The Balaban J connectivity index is 1.96. The monoisotopic (exact) mass is 392 g/mol. The Kier molecular flexibility index (Phi) is 7.94. The zero-order valence-electron chi connectivity index (χ0n) is 15.4. The van der Waals surface area contributed by atoms with Crippen LogP contribution in [0.4, 0.5) is 4.39 Å². The van der Waals surface area contributed by atoms with Crippen molar-refractivity contribution in [3.63, 3.8) is 0 Å². The number of nitrogens with zero attached hydrogens (tertiary/aromatic N) is 1. The third-order valence-corrected chi connectivity index (χ3v) is 5.93. The molecule has 1 amide bonds. The van der Waals surface area contributed by atoms with Crippen LogP contribution in [0.5, 0.6) is 0 Å². The van der Waals surface area contributed by atoms with E-state index in [1.807, 2.05) is 37.3 Å². The first-order valence-electron chi connectivity index (χ1n) is 8.98. The second-order valence-corrected chi connectivity index (χ2v) is 8.34. The smallest absolute Gasteiger partial charge is 0.251 e. The van der Waals surface area contributed by atoms with Crippen molar-refractivity contribution in [1.82, 2.24) is 9.62 Å². The van der Waals surface area contributed by atoms with Crippen LogP contribution in [0.25, 0.3) is 0 Å². The molecule has 0 saturated carbocycles. The van der Waals surface area contributed by atoms with Crippen LogP contribution < -0.4 is 5.32 Å². The maximum Gasteiger partial charge on any atom is 0.251 e. The van der Waals surface area contributed by atoms with Crippen LogP contribution in [0.2, 0.25) is 0 Å². The lowest BCUT2D eigenvalue weighted by Gasteiger charge is -2.22. The highest BCUT2D eigenvalue weighted by Gasteiger charge is 2.22. The first-order valence-corrected chi connectivity index (χ1v) is 10.6. The number of hydrogen-bond acceptors (Lipinski definition) is 3. The molecule has 0 spiro atoms. The number of halogens is 1. The lowest BCUT2D eigenvalue weighted by molar-refractivity contribution is 0.0956. The highest BCUT2D eigenvalue weighted by Crippen LogP contribution is 2.11. The summed E-state index contributed by atoms with van der Waals surface area (Å²) in [6, 6.07) is 14.5. The maximum atomic E-state index is 12.9. The summed E-state index contributed by atoms with van der Waals surface area (Å²) in [4.78, 5) is 12.0.